The number of ether oxygens (including phenoxy) is 3. The number of carbonyl (C=O) groups is 3. The Hall–Kier alpha value is -1.85. The number of fused-ring (bicyclic) bond motifs is 4. The van der Waals surface area contributed by atoms with Crippen LogP contribution in [0.25, 0.3) is 0 Å². The first kappa shape index (κ1) is 25.1. The molecule has 6 heteroatoms. The summed E-state index contributed by atoms with van der Waals surface area (Å²) >= 11 is 0. The van der Waals surface area contributed by atoms with E-state index in [1.165, 1.54) is 45.4 Å². The lowest BCUT2D eigenvalue weighted by atomic mass is 9.43. The van der Waals surface area contributed by atoms with Crippen LogP contribution in [0.5, 0.6) is 0 Å². The van der Waals surface area contributed by atoms with Crippen LogP contribution >= 0.6 is 0 Å². The standard InChI is InChI=1S/C32H44O6/c1-18(33)37-30(6)19-15-20(22(16-19)36-26(30)35)21-9-11-29(5)24-8-7-23-27(2,3)38-25(34)10-12-31(23)17-32(24,31)14-13-28(21,29)4/h10,12,19-24H,7-9,11,13-17H2,1-6H3/t19-,20+,21-,22?,23+,24+,28-,29+,30-,31-,32+/m1/s1. The molecule has 38 heavy (non-hydrogen) atoms. The van der Waals surface area contributed by atoms with Crippen LogP contribution in [-0.2, 0) is 28.6 Å². The SMILES string of the molecule is CC(=O)O[C@@]1(C)C(=O)OC2C[C@H]1C[C@H]2[C@H]1CC[C@@]2(C)[C@@H]3CC[C@H]4C(C)(C)OC(=O)C=C[C@@]45C[C@@]35CC[C@]12C. The third-order valence-electron chi connectivity index (χ3n) is 14.0. The summed E-state index contributed by atoms with van der Waals surface area (Å²) in [4.78, 5) is 37.4. The highest BCUT2D eigenvalue weighted by Crippen LogP contribution is 2.87. The van der Waals surface area contributed by atoms with Crippen LogP contribution in [-0.4, -0.2) is 35.2 Å². The van der Waals surface area contributed by atoms with E-state index in [1.54, 1.807) is 13.0 Å². The fourth-order valence-corrected chi connectivity index (χ4v) is 12.2. The van der Waals surface area contributed by atoms with Crippen molar-refractivity contribution in [3.8, 4) is 0 Å². The third-order valence-corrected chi connectivity index (χ3v) is 14.0. The molecule has 0 aromatic heterocycles. The molecule has 0 N–H and O–H groups in total. The second-order valence-corrected chi connectivity index (χ2v) is 15.4. The number of allylic oxidation sites excluding steroid dienone is 1. The largest absolute Gasteiger partial charge is 0.459 e. The van der Waals surface area contributed by atoms with Crippen LogP contribution in [0.2, 0.25) is 0 Å². The molecule has 5 aliphatic carbocycles. The predicted molar refractivity (Wildman–Crippen MR) is 139 cm³/mol. The molecule has 6 nitrogen and oxygen atoms in total. The van der Waals surface area contributed by atoms with E-state index in [1.807, 2.05) is 0 Å². The lowest BCUT2D eigenvalue weighted by Crippen LogP contribution is -2.56. The first-order valence-corrected chi connectivity index (χ1v) is 15.1. The molecule has 1 saturated heterocycles. The van der Waals surface area contributed by atoms with Crippen molar-refractivity contribution >= 4 is 17.9 Å². The van der Waals surface area contributed by atoms with Crippen molar-refractivity contribution in [1.29, 1.82) is 0 Å². The van der Waals surface area contributed by atoms with Gasteiger partial charge in [-0.2, -0.15) is 0 Å². The molecule has 2 aliphatic heterocycles. The van der Waals surface area contributed by atoms with E-state index in [9.17, 15) is 14.4 Å². The minimum Gasteiger partial charge on any atom is -0.459 e. The van der Waals surface area contributed by atoms with Gasteiger partial charge in [-0.1, -0.05) is 19.9 Å². The molecule has 2 spiro atoms. The van der Waals surface area contributed by atoms with E-state index >= 15 is 0 Å². The lowest BCUT2D eigenvalue weighted by Gasteiger charge is -2.61. The summed E-state index contributed by atoms with van der Waals surface area (Å²) in [6.07, 6.45) is 13.9. The monoisotopic (exact) mass is 524 g/mol. The Labute approximate surface area is 226 Å². The number of cyclic esters (lactones) is 1. The molecule has 0 aromatic rings. The molecule has 0 radical (unpaired) electrons. The van der Waals surface area contributed by atoms with Crippen molar-refractivity contribution in [2.75, 3.05) is 0 Å². The van der Waals surface area contributed by atoms with Crippen molar-refractivity contribution in [2.45, 2.75) is 117 Å². The van der Waals surface area contributed by atoms with Gasteiger partial charge in [0, 0.05) is 30.3 Å². The minimum absolute atomic E-state index is 0.0334. The topological polar surface area (TPSA) is 78.9 Å². The van der Waals surface area contributed by atoms with Gasteiger partial charge in [-0.3, -0.25) is 4.79 Å². The highest BCUT2D eigenvalue weighted by molar-refractivity contribution is 5.84. The van der Waals surface area contributed by atoms with Gasteiger partial charge in [0.25, 0.3) is 0 Å². The van der Waals surface area contributed by atoms with Gasteiger partial charge in [-0.15, -0.1) is 0 Å². The number of rotatable bonds is 2. The van der Waals surface area contributed by atoms with Gasteiger partial charge < -0.3 is 14.2 Å². The zero-order valence-electron chi connectivity index (χ0n) is 23.9. The van der Waals surface area contributed by atoms with Crippen molar-refractivity contribution < 1.29 is 28.6 Å². The van der Waals surface area contributed by atoms with Crippen molar-refractivity contribution in [1.82, 2.24) is 0 Å². The zero-order valence-corrected chi connectivity index (χ0v) is 23.9. The second-order valence-electron chi connectivity index (χ2n) is 15.4. The van der Waals surface area contributed by atoms with Crippen molar-refractivity contribution in [2.24, 2.45) is 51.2 Å². The van der Waals surface area contributed by atoms with Gasteiger partial charge >= 0.3 is 17.9 Å². The normalized spacial score (nSPS) is 55.4. The zero-order chi connectivity index (χ0) is 27.1. The van der Waals surface area contributed by atoms with Crippen LogP contribution in [0, 0.1) is 51.2 Å². The van der Waals surface area contributed by atoms with E-state index in [4.69, 9.17) is 14.2 Å². The molecule has 1 unspecified atom stereocenters. The summed E-state index contributed by atoms with van der Waals surface area (Å²) in [6, 6.07) is 0. The molecule has 5 saturated carbocycles. The molecule has 2 heterocycles. The average Bonchev–Trinajstić information content (AvgIpc) is 3.26. The first-order valence-electron chi connectivity index (χ1n) is 15.1. The highest BCUT2D eigenvalue weighted by atomic mass is 16.6. The highest BCUT2D eigenvalue weighted by Gasteiger charge is 2.81. The van der Waals surface area contributed by atoms with Crippen molar-refractivity contribution in [3.05, 3.63) is 12.2 Å². The molecule has 0 amide bonds. The Morgan fingerprint density at radius 3 is 2.42 bits per heavy atom. The predicted octanol–water partition coefficient (Wildman–Crippen LogP) is 5.77. The van der Waals surface area contributed by atoms with Crippen molar-refractivity contribution in [3.63, 3.8) is 0 Å². The van der Waals surface area contributed by atoms with E-state index in [-0.39, 0.29) is 45.6 Å². The smallest absolute Gasteiger partial charge is 0.350 e. The number of hydrogen-bond acceptors (Lipinski definition) is 6. The fourth-order valence-electron chi connectivity index (χ4n) is 12.2. The number of hydrogen-bond donors (Lipinski definition) is 0. The van der Waals surface area contributed by atoms with Gasteiger partial charge in [0.05, 0.1) is 0 Å². The second kappa shape index (κ2) is 7.26. The van der Waals surface area contributed by atoms with E-state index in [0.29, 0.717) is 23.7 Å². The lowest BCUT2D eigenvalue weighted by molar-refractivity contribution is -0.198. The summed E-state index contributed by atoms with van der Waals surface area (Å²) < 4.78 is 17.6. The van der Waals surface area contributed by atoms with Crippen LogP contribution in [0.1, 0.15) is 99.3 Å². The third kappa shape index (κ3) is 2.78. The Morgan fingerprint density at radius 2 is 1.68 bits per heavy atom. The Morgan fingerprint density at radius 1 is 0.947 bits per heavy atom. The molecule has 208 valence electrons. The van der Waals surface area contributed by atoms with E-state index in [2.05, 4.69) is 33.8 Å². The molecular formula is C32H44O6. The molecule has 7 rings (SSSR count). The van der Waals surface area contributed by atoms with Gasteiger partial charge in [0.1, 0.15) is 11.7 Å². The van der Waals surface area contributed by atoms with Gasteiger partial charge in [0.15, 0.2) is 0 Å². The maximum Gasteiger partial charge on any atom is 0.350 e. The summed E-state index contributed by atoms with van der Waals surface area (Å²) in [7, 11) is 0. The summed E-state index contributed by atoms with van der Waals surface area (Å²) in [6.45, 7) is 12.5. The van der Waals surface area contributed by atoms with Gasteiger partial charge in [-0.05, 0) is 113 Å². The van der Waals surface area contributed by atoms with E-state index < -0.39 is 17.2 Å². The van der Waals surface area contributed by atoms with Crippen LogP contribution in [0.4, 0.5) is 0 Å². The van der Waals surface area contributed by atoms with Gasteiger partial charge in [-0.25, -0.2) is 9.59 Å². The van der Waals surface area contributed by atoms with Gasteiger partial charge in [0.2, 0.25) is 5.60 Å². The maximum absolute atomic E-state index is 13.0. The molecule has 6 fully saturated rings. The Kier molecular flexibility index (Phi) is 4.80. The molecule has 0 aromatic carbocycles. The summed E-state index contributed by atoms with van der Waals surface area (Å²) in [5.41, 5.74) is -0.837. The molecule has 7 aliphatic rings. The quantitative estimate of drug-likeness (QED) is 0.337. The summed E-state index contributed by atoms with van der Waals surface area (Å²) in [5.74, 6) is 0.924. The van der Waals surface area contributed by atoms with Crippen LogP contribution in [0.3, 0.4) is 0 Å². The first-order chi connectivity index (χ1) is 17.7. The average molecular weight is 525 g/mol. The Bertz CT molecular complexity index is 1160. The molecular weight excluding hydrogens is 480 g/mol. The van der Waals surface area contributed by atoms with Crippen LogP contribution in [0.15, 0.2) is 12.2 Å². The van der Waals surface area contributed by atoms with E-state index in [0.717, 1.165) is 19.3 Å². The molecule has 2 bridgehead atoms. The maximum atomic E-state index is 13.0. The minimum atomic E-state index is -1.16. The fraction of sp³-hybridized carbons (Fsp3) is 0.844. The van der Waals surface area contributed by atoms with Crippen LogP contribution < -0.4 is 0 Å². The number of esters is 3. The summed E-state index contributed by atoms with van der Waals surface area (Å²) in [5, 5.41) is 0. The Balaban J connectivity index is 1.20. The number of carbonyl (C=O) groups excluding carboxylic acids is 3. The molecule has 11 atom stereocenters.